The fraction of sp³-hybridized carbons (Fsp3) is 0.421. The van der Waals surface area contributed by atoms with Gasteiger partial charge < -0.3 is 20.4 Å². The van der Waals surface area contributed by atoms with Crippen LogP contribution in [-0.2, 0) is 13.6 Å². The molecule has 0 aliphatic carbocycles. The van der Waals surface area contributed by atoms with Crippen LogP contribution in [0.2, 0.25) is 0 Å². The average Bonchev–Trinajstić information content (AvgIpc) is 2.73. The largest absolute Gasteiger partial charge is 0.501 e. The van der Waals surface area contributed by atoms with Crippen molar-refractivity contribution < 1.29 is 19.4 Å². The molecule has 0 bridgehead atoms. The summed E-state index contributed by atoms with van der Waals surface area (Å²) in [6, 6.07) is 5.63. The van der Waals surface area contributed by atoms with Gasteiger partial charge in [-0.3, -0.25) is 19.1 Å². The zero-order valence-corrected chi connectivity index (χ0v) is 16.1. The number of rotatable bonds is 6. The second kappa shape index (κ2) is 9.01. The lowest BCUT2D eigenvalue weighted by molar-refractivity contribution is 0.0942. The number of nitrogens with one attached hydrogen (secondary N) is 1. The summed E-state index contributed by atoms with van der Waals surface area (Å²) in [6.07, 6.45) is 0. The van der Waals surface area contributed by atoms with E-state index in [9.17, 15) is 19.1 Å². The third kappa shape index (κ3) is 4.72. The first-order chi connectivity index (χ1) is 13.9. The third-order valence-corrected chi connectivity index (χ3v) is 4.90. The number of carbonyl (C=O) groups is 1. The molecule has 1 aliphatic rings. The summed E-state index contributed by atoms with van der Waals surface area (Å²) < 4.78 is 14.2. The SMILES string of the molecule is Cn1c(N2CCN(CCO)CC2)nc(C(=O)NCc2ccc(F)cc2)c(O)c1=O. The molecule has 1 aliphatic heterocycles. The maximum absolute atomic E-state index is 13.0. The van der Waals surface area contributed by atoms with Crippen LogP contribution >= 0.6 is 0 Å². The van der Waals surface area contributed by atoms with E-state index in [-0.39, 0.29) is 24.7 Å². The standard InChI is InChI=1S/C19H24FN5O4/c1-23-18(29)16(27)15(17(28)21-12-13-2-4-14(20)5-3-13)22-19(23)25-8-6-24(7-9-25)10-11-26/h2-5,26-27H,6-12H2,1H3,(H,21,28). The Bertz CT molecular complexity index is 923. The summed E-state index contributed by atoms with van der Waals surface area (Å²) in [4.78, 5) is 33.2. The van der Waals surface area contributed by atoms with E-state index in [0.717, 1.165) is 0 Å². The van der Waals surface area contributed by atoms with Crippen LogP contribution in [0.1, 0.15) is 16.1 Å². The van der Waals surface area contributed by atoms with Gasteiger partial charge in [-0.25, -0.2) is 9.37 Å². The van der Waals surface area contributed by atoms with Crippen LogP contribution in [0.3, 0.4) is 0 Å². The molecule has 1 aromatic carbocycles. The number of nitrogens with zero attached hydrogens (tertiary/aromatic N) is 4. The summed E-state index contributed by atoms with van der Waals surface area (Å²) in [5, 5.41) is 21.8. The second-order valence-electron chi connectivity index (χ2n) is 6.83. The average molecular weight is 405 g/mol. The van der Waals surface area contributed by atoms with E-state index in [1.54, 1.807) is 0 Å². The molecule has 3 rings (SSSR count). The van der Waals surface area contributed by atoms with Crippen molar-refractivity contribution >= 4 is 11.9 Å². The Morgan fingerprint density at radius 1 is 1.21 bits per heavy atom. The van der Waals surface area contributed by atoms with Crippen LogP contribution in [0.5, 0.6) is 5.75 Å². The van der Waals surface area contributed by atoms with Gasteiger partial charge in [0.25, 0.3) is 11.5 Å². The van der Waals surface area contributed by atoms with Gasteiger partial charge >= 0.3 is 0 Å². The zero-order valence-electron chi connectivity index (χ0n) is 16.1. The zero-order chi connectivity index (χ0) is 21.0. The minimum atomic E-state index is -0.716. The molecule has 156 valence electrons. The number of aliphatic hydroxyl groups is 1. The molecule has 9 nitrogen and oxygen atoms in total. The van der Waals surface area contributed by atoms with E-state index in [0.29, 0.717) is 44.2 Å². The van der Waals surface area contributed by atoms with Crippen LogP contribution in [-0.4, -0.2) is 69.9 Å². The van der Waals surface area contributed by atoms with E-state index in [1.165, 1.54) is 35.9 Å². The number of carbonyl (C=O) groups excluding carboxylic acids is 1. The molecule has 2 heterocycles. The van der Waals surface area contributed by atoms with E-state index in [2.05, 4.69) is 15.2 Å². The summed E-state index contributed by atoms with van der Waals surface area (Å²) in [5.74, 6) is -1.49. The van der Waals surface area contributed by atoms with E-state index in [1.807, 2.05) is 4.90 Å². The van der Waals surface area contributed by atoms with Gasteiger partial charge in [-0.05, 0) is 17.7 Å². The fourth-order valence-corrected chi connectivity index (χ4v) is 3.20. The van der Waals surface area contributed by atoms with Gasteiger partial charge in [0.15, 0.2) is 5.69 Å². The predicted octanol–water partition coefficient (Wildman–Crippen LogP) is -0.331. The number of piperazine rings is 1. The van der Waals surface area contributed by atoms with Crippen molar-refractivity contribution in [3.05, 3.63) is 51.7 Å². The van der Waals surface area contributed by atoms with Gasteiger partial charge in [-0.15, -0.1) is 0 Å². The lowest BCUT2D eigenvalue weighted by atomic mass is 10.2. The summed E-state index contributed by atoms with van der Waals surface area (Å²) in [6.45, 7) is 3.27. The highest BCUT2D eigenvalue weighted by atomic mass is 19.1. The van der Waals surface area contributed by atoms with Crippen LogP contribution in [0.15, 0.2) is 29.1 Å². The molecule has 1 amide bonds. The summed E-state index contributed by atoms with van der Waals surface area (Å²) in [5.41, 5.74) is -0.383. The molecule has 0 atom stereocenters. The lowest BCUT2D eigenvalue weighted by Gasteiger charge is -2.35. The first-order valence-electron chi connectivity index (χ1n) is 9.31. The maximum Gasteiger partial charge on any atom is 0.297 e. The minimum Gasteiger partial charge on any atom is -0.501 e. The first-order valence-corrected chi connectivity index (χ1v) is 9.31. The van der Waals surface area contributed by atoms with E-state index in [4.69, 9.17) is 5.11 Å². The topological polar surface area (TPSA) is 111 Å². The Hall–Kier alpha value is -2.98. The number of aromatic nitrogens is 2. The molecule has 29 heavy (non-hydrogen) atoms. The van der Waals surface area contributed by atoms with Crippen molar-refractivity contribution in [1.82, 2.24) is 19.8 Å². The summed E-state index contributed by atoms with van der Waals surface area (Å²) >= 11 is 0. The Labute approximate surface area is 167 Å². The Morgan fingerprint density at radius 2 is 1.86 bits per heavy atom. The third-order valence-electron chi connectivity index (χ3n) is 4.90. The molecule has 10 heteroatoms. The molecule has 3 N–H and O–H groups in total. The molecular weight excluding hydrogens is 381 g/mol. The smallest absolute Gasteiger partial charge is 0.297 e. The van der Waals surface area contributed by atoms with Gasteiger partial charge in [-0.1, -0.05) is 12.1 Å². The number of amides is 1. The minimum absolute atomic E-state index is 0.0777. The second-order valence-corrected chi connectivity index (χ2v) is 6.83. The molecule has 1 saturated heterocycles. The van der Waals surface area contributed by atoms with Crippen LogP contribution in [0.4, 0.5) is 10.3 Å². The predicted molar refractivity (Wildman–Crippen MR) is 104 cm³/mol. The van der Waals surface area contributed by atoms with Gasteiger partial charge in [0.2, 0.25) is 11.7 Å². The van der Waals surface area contributed by atoms with Crippen LogP contribution < -0.4 is 15.8 Å². The van der Waals surface area contributed by atoms with Crippen molar-refractivity contribution in [2.24, 2.45) is 7.05 Å². The molecule has 0 radical (unpaired) electrons. The maximum atomic E-state index is 13.0. The van der Waals surface area contributed by atoms with Crippen molar-refractivity contribution in [2.75, 3.05) is 44.2 Å². The van der Waals surface area contributed by atoms with Crippen LogP contribution in [0.25, 0.3) is 0 Å². The molecule has 0 saturated carbocycles. The molecule has 0 unspecified atom stereocenters. The highest BCUT2D eigenvalue weighted by molar-refractivity contribution is 5.95. The summed E-state index contributed by atoms with van der Waals surface area (Å²) in [7, 11) is 1.49. The molecule has 0 spiro atoms. The number of β-amino-alcohol motifs (C(OH)–C–C–N with tert-alkyl or cyclic N) is 1. The Kier molecular flexibility index (Phi) is 6.45. The number of aromatic hydroxyl groups is 1. The number of benzene rings is 1. The number of aliphatic hydroxyl groups excluding tert-OH is 1. The number of halogens is 1. The van der Waals surface area contributed by atoms with Crippen molar-refractivity contribution in [1.29, 1.82) is 0 Å². The first kappa shape index (κ1) is 20.7. The highest BCUT2D eigenvalue weighted by Crippen LogP contribution is 2.17. The molecule has 1 aromatic heterocycles. The Morgan fingerprint density at radius 3 is 2.48 bits per heavy atom. The molecule has 2 aromatic rings. The van der Waals surface area contributed by atoms with Gasteiger partial charge in [0.05, 0.1) is 6.61 Å². The van der Waals surface area contributed by atoms with Crippen molar-refractivity contribution in [3.8, 4) is 5.75 Å². The van der Waals surface area contributed by atoms with Gasteiger partial charge in [0, 0.05) is 46.3 Å². The number of anilines is 1. The van der Waals surface area contributed by atoms with E-state index >= 15 is 0 Å². The number of hydrogen-bond acceptors (Lipinski definition) is 7. The lowest BCUT2D eigenvalue weighted by Crippen LogP contribution is -2.49. The fourth-order valence-electron chi connectivity index (χ4n) is 3.20. The quantitative estimate of drug-likeness (QED) is 0.604. The van der Waals surface area contributed by atoms with Crippen molar-refractivity contribution in [3.63, 3.8) is 0 Å². The monoisotopic (exact) mass is 405 g/mol. The van der Waals surface area contributed by atoms with E-state index < -0.39 is 17.2 Å². The van der Waals surface area contributed by atoms with Gasteiger partial charge in [0.1, 0.15) is 5.82 Å². The van der Waals surface area contributed by atoms with Gasteiger partial charge in [-0.2, -0.15) is 0 Å². The Balaban J connectivity index is 1.77. The number of hydrogen-bond donors (Lipinski definition) is 3. The highest BCUT2D eigenvalue weighted by Gasteiger charge is 2.25. The molecule has 1 fully saturated rings. The van der Waals surface area contributed by atoms with Crippen LogP contribution in [0, 0.1) is 5.82 Å². The van der Waals surface area contributed by atoms with Crippen molar-refractivity contribution in [2.45, 2.75) is 6.54 Å². The molecular formula is C19H24FN5O4. The normalized spacial score (nSPS) is 14.8.